The van der Waals surface area contributed by atoms with Gasteiger partial charge in [-0.25, -0.2) is 13.1 Å². The number of hydrogen-bond acceptors (Lipinski definition) is 5. The van der Waals surface area contributed by atoms with Crippen molar-refractivity contribution in [1.82, 2.24) is 10.0 Å². The second-order valence-corrected chi connectivity index (χ2v) is 6.87. The van der Waals surface area contributed by atoms with Gasteiger partial charge in [0, 0.05) is 13.2 Å². The van der Waals surface area contributed by atoms with Crippen LogP contribution in [0.1, 0.15) is 38.4 Å². The molecule has 1 aromatic heterocycles. The highest BCUT2D eigenvalue weighted by molar-refractivity contribution is 7.89. The van der Waals surface area contributed by atoms with Crippen LogP contribution in [0, 0.1) is 0 Å². The lowest BCUT2D eigenvalue weighted by atomic mass is 10.1. The van der Waals surface area contributed by atoms with Gasteiger partial charge in [-0.3, -0.25) is 0 Å². The van der Waals surface area contributed by atoms with Gasteiger partial charge in [-0.05, 0) is 44.4 Å². The van der Waals surface area contributed by atoms with Gasteiger partial charge in [-0.2, -0.15) is 0 Å². The average molecular weight is 316 g/mol. The molecule has 2 rings (SSSR count). The topological polar surface area (TPSA) is 80.6 Å². The number of nitrogens with one attached hydrogen (secondary N) is 2. The van der Waals surface area contributed by atoms with Gasteiger partial charge in [0.15, 0.2) is 0 Å². The molecule has 0 saturated carbocycles. The van der Waals surface area contributed by atoms with Crippen LogP contribution in [0.25, 0.3) is 0 Å². The number of hydrogen-bond donors (Lipinski definition) is 2. The molecule has 1 fully saturated rings. The van der Waals surface area contributed by atoms with Gasteiger partial charge in [0.05, 0.1) is 12.6 Å². The lowest BCUT2D eigenvalue weighted by Gasteiger charge is -2.22. The number of rotatable bonds is 8. The van der Waals surface area contributed by atoms with Crippen LogP contribution >= 0.6 is 0 Å². The highest BCUT2D eigenvalue weighted by Gasteiger charge is 2.20. The summed E-state index contributed by atoms with van der Waals surface area (Å²) in [5, 5.41) is 3.06. The summed E-state index contributed by atoms with van der Waals surface area (Å²) in [5.41, 5.74) is 0. The van der Waals surface area contributed by atoms with Crippen LogP contribution < -0.4 is 10.0 Å². The fourth-order valence-electron chi connectivity index (χ4n) is 2.31. The predicted octanol–water partition coefficient (Wildman–Crippen LogP) is 1.63. The Balaban J connectivity index is 1.81. The zero-order chi connectivity index (χ0) is 15.1. The normalized spacial score (nSPS) is 19.8. The molecule has 1 atom stereocenters. The molecule has 6 nitrogen and oxygen atoms in total. The second-order valence-electron chi connectivity index (χ2n) is 5.18. The third kappa shape index (κ3) is 5.10. The van der Waals surface area contributed by atoms with Gasteiger partial charge in [0.1, 0.15) is 5.76 Å². The smallest absolute Gasteiger partial charge is 0.273 e. The zero-order valence-electron chi connectivity index (χ0n) is 12.4. The van der Waals surface area contributed by atoms with E-state index in [4.69, 9.17) is 9.15 Å². The average Bonchev–Trinajstić information content (AvgIpc) is 2.96. The van der Waals surface area contributed by atoms with Gasteiger partial charge in [-0.1, -0.05) is 6.92 Å². The summed E-state index contributed by atoms with van der Waals surface area (Å²) in [6.45, 7) is 4.47. The summed E-state index contributed by atoms with van der Waals surface area (Å²) in [5.74, 6) is 0.618. The summed E-state index contributed by atoms with van der Waals surface area (Å²) in [6.07, 6.45) is 4.13. The Hall–Kier alpha value is -0.890. The van der Waals surface area contributed by atoms with Crippen LogP contribution in [-0.2, 0) is 21.3 Å². The first-order valence-corrected chi connectivity index (χ1v) is 9.01. The van der Waals surface area contributed by atoms with Crippen LogP contribution in [0.2, 0.25) is 0 Å². The van der Waals surface area contributed by atoms with Crippen LogP contribution in [-0.4, -0.2) is 34.2 Å². The van der Waals surface area contributed by atoms with E-state index in [2.05, 4.69) is 10.0 Å². The number of ether oxygens (including phenoxy) is 1. The van der Waals surface area contributed by atoms with Crippen molar-refractivity contribution in [3.8, 4) is 0 Å². The first kappa shape index (κ1) is 16.5. The summed E-state index contributed by atoms with van der Waals surface area (Å²) < 4.78 is 37.7. The van der Waals surface area contributed by atoms with Crippen molar-refractivity contribution in [1.29, 1.82) is 0 Å². The van der Waals surface area contributed by atoms with Gasteiger partial charge in [0.2, 0.25) is 5.09 Å². The largest absolute Gasteiger partial charge is 0.447 e. The van der Waals surface area contributed by atoms with E-state index in [-0.39, 0.29) is 11.2 Å². The maximum atomic E-state index is 12.1. The minimum atomic E-state index is -3.57. The van der Waals surface area contributed by atoms with E-state index in [0.717, 1.165) is 32.4 Å². The van der Waals surface area contributed by atoms with Gasteiger partial charge >= 0.3 is 0 Å². The fourth-order valence-corrected chi connectivity index (χ4v) is 3.30. The van der Waals surface area contributed by atoms with Crippen molar-refractivity contribution >= 4 is 10.0 Å². The van der Waals surface area contributed by atoms with Crippen molar-refractivity contribution < 1.29 is 17.6 Å². The molecule has 1 unspecified atom stereocenters. The van der Waals surface area contributed by atoms with Crippen molar-refractivity contribution in [2.75, 3.05) is 19.7 Å². The molecule has 0 radical (unpaired) electrons. The summed E-state index contributed by atoms with van der Waals surface area (Å²) in [4.78, 5) is 0. The molecule has 0 spiro atoms. The highest BCUT2D eigenvalue weighted by Crippen LogP contribution is 2.16. The molecule has 1 aliphatic heterocycles. The second kappa shape index (κ2) is 7.93. The van der Waals surface area contributed by atoms with Crippen molar-refractivity contribution in [3.63, 3.8) is 0 Å². The Bertz CT molecular complexity index is 521. The molecule has 2 heterocycles. The molecule has 1 aromatic rings. The van der Waals surface area contributed by atoms with Crippen molar-refractivity contribution in [2.24, 2.45) is 0 Å². The molecule has 21 heavy (non-hydrogen) atoms. The van der Waals surface area contributed by atoms with E-state index in [1.54, 1.807) is 6.07 Å². The number of sulfonamides is 1. The van der Waals surface area contributed by atoms with E-state index < -0.39 is 10.0 Å². The van der Waals surface area contributed by atoms with E-state index in [1.807, 2.05) is 6.92 Å². The molecule has 0 aliphatic carbocycles. The third-order valence-electron chi connectivity index (χ3n) is 3.48. The van der Waals surface area contributed by atoms with Crippen LogP contribution in [0.4, 0.5) is 0 Å². The van der Waals surface area contributed by atoms with Crippen LogP contribution in [0.5, 0.6) is 0 Å². The summed E-state index contributed by atoms with van der Waals surface area (Å²) in [7, 11) is -3.57. The Morgan fingerprint density at radius 3 is 2.90 bits per heavy atom. The third-order valence-corrected chi connectivity index (χ3v) is 4.82. The maximum Gasteiger partial charge on any atom is 0.273 e. The molecule has 0 aromatic carbocycles. The van der Waals surface area contributed by atoms with E-state index >= 15 is 0 Å². The SMILES string of the molecule is CCNCc1ccc(S(=O)(=O)NCCC2CCCCO2)o1. The maximum absolute atomic E-state index is 12.1. The lowest BCUT2D eigenvalue weighted by Crippen LogP contribution is -2.29. The molecule has 0 amide bonds. The molecular formula is C14H24N2O4S. The molecule has 1 saturated heterocycles. The minimum Gasteiger partial charge on any atom is -0.447 e. The Morgan fingerprint density at radius 1 is 1.33 bits per heavy atom. The first-order valence-electron chi connectivity index (χ1n) is 7.52. The quantitative estimate of drug-likeness (QED) is 0.762. The number of furan rings is 1. The standard InChI is InChI=1S/C14H24N2O4S/c1-2-15-11-13-6-7-14(20-13)21(17,18)16-9-8-12-5-3-4-10-19-12/h6-7,12,15-16H,2-5,8-11H2,1H3. The summed E-state index contributed by atoms with van der Waals surface area (Å²) >= 11 is 0. The molecule has 7 heteroatoms. The van der Waals surface area contributed by atoms with E-state index in [1.165, 1.54) is 6.07 Å². The minimum absolute atomic E-state index is 0.0278. The monoisotopic (exact) mass is 316 g/mol. The predicted molar refractivity (Wildman–Crippen MR) is 79.5 cm³/mol. The van der Waals surface area contributed by atoms with Gasteiger partial charge < -0.3 is 14.5 Å². The van der Waals surface area contributed by atoms with E-state index in [9.17, 15) is 8.42 Å². The molecule has 120 valence electrons. The molecule has 2 N–H and O–H groups in total. The summed E-state index contributed by atoms with van der Waals surface area (Å²) in [6, 6.07) is 3.17. The molecule has 0 bridgehead atoms. The Labute approximate surface area is 126 Å². The zero-order valence-corrected chi connectivity index (χ0v) is 13.2. The van der Waals surface area contributed by atoms with Gasteiger partial charge in [0.25, 0.3) is 10.0 Å². The van der Waals surface area contributed by atoms with Crippen LogP contribution in [0.3, 0.4) is 0 Å². The van der Waals surface area contributed by atoms with E-state index in [0.29, 0.717) is 25.3 Å². The lowest BCUT2D eigenvalue weighted by molar-refractivity contribution is 0.0123. The van der Waals surface area contributed by atoms with Crippen LogP contribution in [0.15, 0.2) is 21.6 Å². The molecule has 1 aliphatic rings. The highest BCUT2D eigenvalue weighted by atomic mass is 32.2. The first-order chi connectivity index (χ1) is 10.1. The Morgan fingerprint density at radius 2 is 2.19 bits per heavy atom. The van der Waals surface area contributed by atoms with Gasteiger partial charge in [-0.15, -0.1) is 0 Å². The van der Waals surface area contributed by atoms with Crippen molar-refractivity contribution in [2.45, 2.75) is 50.3 Å². The van der Waals surface area contributed by atoms with Crippen molar-refractivity contribution in [3.05, 3.63) is 17.9 Å². The molecular weight excluding hydrogens is 292 g/mol. The Kier molecular flexibility index (Phi) is 6.22. The fraction of sp³-hybridized carbons (Fsp3) is 0.714.